The van der Waals surface area contributed by atoms with Crippen LogP contribution in [-0.2, 0) is 14.3 Å². The second kappa shape index (κ2) is 4.82. The minimum Gasteiger partial charge on any atom is -0.480 e. The molecular weight excluding hydrogens is 210 g/mol. The van der Waals surface area contributed by atoms with Crippen molar-refractivity contribution in [3.8, 4) is 0 Å². The van der Waals surface area contributed by atoms with E-state index in [1.807, 2.05) is 0 Å². The summed E-state index contributed by atoms with van der Waals surface area (Å²) in [4.78, 5) is 24.0. The van der Waals surface area contributed by atoms with Gasteiger partial charge >= 0.3 is 5.97 Å². The highest BCUT2D eigenvalue weighted by Crippen LogP contribution is 2.28. The summed E-state index contributed by atoms with van der Waals surface area (Å²) < 4.78 is 5.28. The summed E-state index contributed by atoms with van der Waals surface area (Å²) in [5.74, 6) is -0.472. The maximum absolute atomic E-state index is 11.7. The Bertz CT molecular complexity index is 288. The Hall–Kier alpha value is -1.10. The lowest BCUT2D eigenvalue weighted by Gasteiger charge is -2.21. The van der Waals surface area contributed by atoms with E-state index in [1.54, 1.807) is 0 Å². The lowest BCUT2D eigenvalue weighted by atomic mass is 10.2. The summed E-state index contributed by atoms with van der Waals surface area (Å²) in [5.41, 5.74) is 0. The number of hydrogen-bond acceptors (Lipinski definition) is 3. The number of nitrogens with zero attached hydrogens (tertiary/aromatic N) is 1. The highest BCUT2D eigenvalue weighted by molar-refractivity contribution is 5.84. The SMILES string of the molecule is O=C(O)[C@@H]1CCCN1C(=O)COCC1CC1. The van der Waals surface area contributed by atoms with Crippen molar-refractivity contribution in [3.05, 3.63) is 0 Å². The molecule has 16 heavy (non-hydrogen) atoms. The van der Waals surface area contributed by atoms with Crippen molar-refractivity contribution in [3.63, 3.8) is 0 Å². The zero-order chi connectivity index (χ0) is 11.5. The van der Waals surface area contributed by atoms with Gasteiger partial charge in [-0.2, -0.15) is 0 Å². The van der Waals surface area contributed by atoms with Gasteiger partial charge in [-0.3, -0.25) is 4.79 Å². The Morgan fingerprint density at radius 3 is 2.69 bits per heavy atom. The topological polar surface area (TPSA) is 66.8 Å². The third-order valence-corrected chi connectivity index (χ3v) is 3.13. The van der Waals surface area contributed by atoms with Crippen LogP contribution >= 0.6 is 0 Å². The van der Waals surface area contributed by atoms with Gasteiger partial charge in [-0.1, -0.05) is 0 Å². The molecule has 5 nitrogen and oxygen atoms in total. The number of carbonyl (C=O) groups excluding carboxylic acids is 1. The number of carbonyl (C=O) groups is 2. The first-order valence-corrected chi connectivity index (χ1v) is 5.78. The van der Waals surface area contributed by atoms with Gasteiger partial charge < -0.3 is 14.7 Å². The monoisotopic (exact) mass is 227 g/mol. The van der Waals surface area contributed by atoms with Crippen molar-refractivity contribution >= 4 is 11.9 Å². The van der Waals surface area contributed by atoms with Crippen LogP contribution in [0.5, 0.6) is 0 Å². The molecule has 2 rings (SSSR count). The largest absolute Gasteiger partial charge is 0.480 e. The van der Waals surface area contributed by atoms with Crippen molar-refractivity contribution in [1.82, 2.24) is 4.90 Å². The third kappa shape index (κ3) is 2.72. The van der Waals surface area contributed by atoms with E-state index in [-0.39, 0.29) is 12.5 Å². The molecule has 1 aliphatic carbocycles. The van der Waals surface area contributed by atoms with Crippen molar-refractivity contribution < 1.29 is 19.4 Å². The van der Waals surface area contributed by atoms with Gasteiger partial charge in [-0.05, 0) is 31.6 Å². The molecule has 1 N–H and O–H groups in total. The number of likely N-dealkylation sites (tertiary alicyclic amines) is 1. The predicted molar refractivity (Wildman–Crippen MR) is 55.9 cm³/mol. The molecule has 1 aliphatic heterocycles. The summed E-state index contributed by atoms with van der Waals surface area (Å²) in [5, 5.41) is 8.92. The smallest absolute Gasteiger partial charge is 0.326 e. The van der Waals surface area contributed by atoms with E-state index in [4.69, 9.17) is 9.84 Å². The number of carboxylic acid groups (broad SMARTS) is 1. The number of rotatable bonds is 5. The molecule has 0 spiro atoms. The van der Waals surface area contributed by atoms with Crippen molar-refractivity contribution in [1.29, 1.82) is 0 Å². The van der Waals surface area contributed by atoms with Gasteiger partial charge in [-0.25, -0.2) is 4.79 Å². The molecular formula is C11H17NO4. The Morgan fingerprint density at radius 2 is 2.06 bits per heavy atom. The molecule has 2 aliphatic rings. The van der Waals surface area contributed by atoms with Crippen LogP contribution < -0.4 is 0 Å². The molecule has 5 heteroatoms. The molecule has 1 atom stereocenters. The van der Waals surface area contributed by atoms with E-state index < -0.39 is 12.0 Å². The number of ether oxygens (including phenoxy) is 1. The number of carboxylic acids is 1. The van der Waals surface area contributed by atoms with E-state index in [0.717, 1.165) is 6.42 Å². The average Bonchev–Trinajstić information content (AvgIpc) is 2.93. The minimum absolute atomic E-state index is 0.0281. The summed E-state index contributed by atoms with van der Waals surface area (Å²) >= 11 is 0. The molecule has 0 unspecified atom stereocenters. The molecule has 1 heterocycles. The predicted octanol–water partition coefficient (Wildman–Crippen LogP) is 0.489. The van der Waals surface area contributed by atoms with Crippen molar-refractivity contribution in [2.24, 2.45) is 5.92 Å². The molecule has 0 bridgehead atoms. The normalized spacial score (nSPS) is 24.8. The Morgan fingerprint density at radius 1 is 1.31 bits per heavy atom. The second-order valence-electron chi connectivity index (χ2n) is 4.54. The number of amides is 1. The lowest BCUT2D eigenvalue weighted by molar-refractivity contribution is -0.150. The van der Waals surface area contributed by atoms with Gasteiger partial charge in [0.25, 0.3) is 0 Å². The second-order valence-corrected chi connectivity index (χ2v) is 4.54. The first-order valence-electron chi connectivity index (χ1n) is 5.78. The lowest BCUT2D eigenvalue weighted by Crippen LogP contribution is -2.42. The molecule has 0 radical (unpaired) electrons. The minimum atomic E-state index is -0.909. The van der Waals surface area contributed by atoms with Crippen LogP contribution in [0.15, 0.2) is 0 Å². The quantitative estimate of drug-likeness (QED) is 0.742. The Labute approximate surface area is 94.4 Å². The fourth-order valence-corrected chi connectivity index (χ4v) is 2.00. The van der Waals surface area contributed by atoms with Crippen LogP contribution in [0.2, 0.25) is 0 Å². The first kappa shape index (κ1) is 11.4. The maximum Gasteiger partial charge on any atom is 0.326 e. The molecule has 0 aromatic rings. The summed E-state index contributed by atoms with van der Waals surface area (Å²) in [7, 11) is 0. The molecule has 0 aromatic carbocycles. The standard InChI is InChI=1S/C11H17NO4/c13-10(7-16-6-8-3-4-8)12-5-1-2-9(12)11(14)15/h8-9H,1-7H2,(H,14,15)/t9-/m0/s1. The zero-order valence-corrected chi connectivity index (χ0v) is 9.22. The Kier molecular flexibility index (Phi) is 3.43. The molecule has 90 valence electrons. The van der Waals surface area contributed by atoms with E-state index in [9.17, 15) is 9.59 Å². The van der Waals surface area contributed by atoms with Gasteiger partial charge in [0, 0.05) is 6.54 Å². The molecule has 1 saturated heterocycles. The summed E-state index contributed by atoms with van der Waals surface area (Å²) in [6.07, 6.45) is 3.71. The van der Waals surface area contributed by atoms with E-state index in [1.165, 1.54) is 17.7 Å². The summed E-state index contributed by atoms with van der Waals surface area (Å²) in [6.45, 7) is 1.21. The van der Waals surface area contributed by atoms with Crippen molar-refractivity contribution in [2.75, 3.05) is 19.8 Å². The van der Waals surface area contributed by atoms with Gasteiger partial charge in [0.05, 0.1) is 6.61 Å². The highest BCUT2D eigenvalue weighted by Gasteiger charge is 2.34. The van der Waals surface area contributed by atoms with E-state index in [2.05, 4.69) is 0 Å². The van der Waals surface area contributed by atoms with E-state index in [0.29, 0.717) is 25.5 Å². The van der Waals surface area contributed by atoms with E-state index >= 15 is 0 Å². The fourth-order valence-electron chi connectivity index (χ4n) is 2.00. The Balaban J connectivity index is 1.75. The van der Waals surface area contributed by atoms with Crippen LogP contribution in [0, 0.1) is 5.92 Å². The third-order valence-electron chi connectivity index (χ3n) is 3.13. The first-order chi connectivity index (χ1) is 7.68. The maximum atomic E-state index is 11.7. The van der Waals surface area contributed by atoms with Gasteiger partial charge in [0.1, 0.15) is 12.6 Å². The number of hydrogen-bond donors (Lipinski definition) is 1. The van der Waals surface area contributed by atoms with Crippen LogP contribution in [-0.4, -0.2) is 47.7 Å². The number of aliphatic carboxylic acids is 1. The average molecular weight is 227 g/mol. The highest BCUT2D eigenvalue weighted by atomic mass is 16.5. The molecule has 1 amide bonds. The van der Waals surface area contributed by atoms with Crippen LogP contribution in [0.3, 0.4) is 0 Å². The van der Waals surface area contributed by atoms with Gasteiger partial charge in [0.2, 0.25) is 5.91 Å². The molecule has 1 saturated carbocycles. The molecule has 2 fully saturated rings. The van der Waals surface area contributed by atoms with Crippen LogP contribution in [0.25, 0.3) is 0 Å². The van der Waals surface area contributed by atoms with Crippen LogP contribution in [0.1, 0.15) is 25.7 Å². The summed E-state index contributed by atoms with van der Waals surface area (Å²) in [6, 6.07) is -0.642. The zero-order valence-electron chi connectivity index (χ0n) is 9.22. The van der Waals surface area contributed by atoms with Gasteiger partial charge in [0.15, 0.2) is 0 Å². The fraction of sp³-hybridized carbons (Fsp3) is 0.818. The van der Waals surface area contributed by atoms with Gasteiger partial charge in [-0.15, -0.1) is 0 Å². The van der Waals surface area contributed by atoms with Crippen LogP contribution in [0.4, 0.5) is 0 Å². The molecule has 0 aromatic heterocycles. The van der Waals surface area contributed by atoms with Crippen molar-refractivity contribution in [2.45, 2.75) is 31.7 Å².